The minimum Gasteiger partial charge on any atom is -0.497 e. The van der Waals surface area contributed by atoms with E-state index < -0.39 is 0 Å². The van der Waals surface area contributed by atoms with Crippen molar-refractivity contribution < 1.29 is 14.2 Å². The molecular formula is C18H21ClO3. The Labute approximate surface area is 136 Å². The van der Waals surface area contributed by atoms with E-state index in [1.165, 1.54) is 5.57 Å². The fourth-order valence-electron chi connectivity index (χ4n) is 2.21. The normalized spacial score (nSPS) is 14.9. The topological polar surface area (TPSA) is 27.7 Å². The molecule has 0 amide bonds. The number of benzene rings is 1. The highest BCUT2D eigenvalue weighted by atomic mass is 35.5. The third kappa shape index (κ3) is 4.08. The Hall–Kier alpha value is -1.87. The molecule has 0 aliphatic heterocycles. The van der Waals surface area contributed by atoms with Crippen molar-refractivity contribution >= 4 is 11.6 Å². The van der Waals surface area contributed by atoms with Gasteiger partial charge >= 0.3 is 0 Å². The lowest BCUT2D eigenvalue weighted by atomic mass is 10.1. The molecule has 0 N–H and O–H groups in total. The van der Waals surface area contributed by atoms with Gasteiger partial charge in [0.15, 0.2) is 11.5 Å². The summed E-state index contributed by atoms with van der Waals surface area (Å²) < 4.78 is 16.9. The highest BCUT2D eigenvalue weighted by Crippen LogP contribution is 2.28. The largest absolute Gasteiger partial charge is 0.497 e. The zero-order valence-corrected chi connectivity index (χ0v) is 13.9. The second-order valence-corrected chi connectivity index (χ2v) is 5.36. The van der Waals surface area contributed by atoms with E-state index in [1.807, 2.05) is 30.3 Å². The van der Waals surface area contributed by atoms with Crippen molar-refractivity contribution in [1.82, 2.24) is 0 Å². The lowest BCUT2D eigenvalue weighted by Crippen LogP contribution is -2.04. The Morgan fingerprint density at radius 1 is 1.09 bits per heavy atom. The lowest BCUT2D eigenvalue weighted by Gasteiger charge is -2.16. The molecule has 1 aliphatic carbocycles. The molecule has 2 rings (SSSR count). The summed E-state index contributed by atoms with van der Waals surface area (Å²) in [5, 5.41) is 0.712. The number of ether oxygens (including phenoxy) is 3. The number of allylic oxidation sites excluding steroid dienone is 3. The number of rotatable bonds is 6. The van der Waals surface area contributed by atoms with Crippen molar-refractivity contribution in [3.63, 3.8) is 0 Å². The molecule has 4 heteroatoms. The van der Waals surface area contributed by atoms with E-state index in [0.29, 0.717) is 29.6 Å². The van der Waals surface area contributed by atoms with Gasteiger partial charge < -0.3 is 14.2 Å². The molecule has 0 radical (unpaired) electrons. The molecule has 0 saturated heterocycles. The van der Waals surface area contributed by atoms with Gasteiger partial charge in [-0.05, 0) is 35.8 Å². The van der Waals surface area contributed by atoms with E-state index in [4.69, 9.17) is 25.8 Å². The van der Waals surface area contributed by atoms with Crippen LogP contribution in [-0.2, 0) is 20.8 Å². The summed E-state index contributed by atoms with van der Waals surface area (Å²) in [4.78, 5) is 0. The predicted molar refractivity (Wildman–Crippen MR) is 88.4 cm³/mol. The van der Waals surface area contributed by atoms with Crippen LogP contribution in [0.4, 0.5) is 0 Å². The molecule has 118 valence electrons. The van der Waals surface area contributed by atoms with Gasteiger partial charge in [0.1, 0.15) is 12.4 Å². The SMILES string of the molecule is CCC1=CCC(OC)=C(OCc2ccc(Cl)cc2)C(OC)=C1. The first-order valence-corrected chi connectivity index (χ1v) is 7.65. The van der Waals surface area contributed by atoms with E-state index in [0.717, 1.165) is 17.7 Å². The van der Waals surface area contributed by atoms with Crippen LogP contribution >= 0.6 is 11.6 Å². The molecule has 22 heavy (non-hydrogen) atoms. The summed E-state index contributed by atoms with van der Waals surface area (Å²) in [7, 11) is 3.29. The molecule has 0 aromatic heterocycles. The Morgan fingerprint density at radius 2 is 1.82 bits per heavy atom. The van der Waals surface area contributed by atoms with Crippen LogP contribution in [0.5, 0.6) is 0 Å². The zero-order chi connectivity index (χ0) is 15.9. The van der Waals surface area contributed by atoms with Crippen molar-refractivity contribution in [1.29, 1.82) is 0 Å². The molecule has 0 saturated carbocycles. The van der Waals surface area contributed by atoms with Gasteiger partial charge in [-0.3, -0.25) is 0 Å². The molecule has 0 unspecified atom stereocenters. The van der Waals surface area contributed by atoms with Crippen molar-refractivity contribution in [3.05, 3.63) is 69.9 Å². The summed E-state index contributed by atoms with van der Waals surface area (Å²) in [6, 6.07) is 7.58. The Balaban J connectivity index is 2.21. The fourth-order valence-corrected chi connectivity index (χ4v) is 2.33. The van der Waals surface area contributed by atoms with Crippen LogP contribution in [0.1, 0.15) is 25.3 Å². The minimum absolute atomic E-state index is 0.432. The maximum atomic E-state index is 5.97. The van der Waals surface area contributed by atoms with Gasteiger partial charge in [-0.25, -0.2) is 0 Å². The van der Waals surface area contributed by atoms with Gasteiger partial charge in [-0.15, -0.1) is 0 Å². The lowest BCUT2D eigenvalue weighted by molar-refractivity contribution is 0.140. The van der Waals surface area contributed by atoms with E-state index in [2.05, 4.69) is 13.0 Å². The maximum absolute atomic E-state index is 5.97. The predicted octanol–water partition coefficient (Wildman–Crippen LogP) is 4.99. The highest BCUT2D eigenvalue weighted by molar-refractivity contribution is 6.30. The van der Waals surface area contributed by atoms with E-state index in [-0.39, 0.29) is 0 Å². The van der Waals surface area contributed by atoms with Crippen LogP contribution in [0.2, 0.25) is 5.02 Å². The fraction of sp³-hybridized carbons (Fsp3) is 0.333. The van der Waals surface area contributed by atoms with E-state index in [1.54, 1.807) is 14.2 Å². The summed E-state index contributed by atoms with van der Waals surface area (Å²) in [6.45, 7) is 2.54. The second-order valence-electron chi connectivity index (χ2n) is 4.92. The molecular weight excluding hydrogens is 300 g/mol. The molecule has 1 aromatic rings. The summed E-state index contributed by atoms with van der Waals surface area (Å²) in [5.41, 5.74) is 2.24. The van der Waals surface area contributed by atoms with Gasteiger partial charge in [0.2, 0.25) is 0 Å². The Morgan fingerprint density at radius 3 is 2.41 bits per heavy atom. The molecule has 0 atom stereocenters. The molecule has 3 nitrogen and oxygen atoms in total. The van der Waals surface area contributed by atoms with Crippen LogP contribution in [0.25, 0.3) is 0 Å². The monoisotopic (exact) mass is 320 g/mol. The summed E-state index contributed by atoms with van der Waals surface area (Å²) in [5.74, 6) is 2.11. The summed E-state index contributed by atoms with van der Waals surface area (Å²) in [6.07, 6.45) is 5.77. The van der Waals surface area contributed by atoms with Crippen molar-refractivity contribution in [2.24, 2.45) is 0 Å². The Bertz CT molecular complexity index is 597. The average Bonchev–Trinajstić information content (AvgIpc) is 2.72. The summed E-state index contributed by atoms with van der Waals surface area (Å²) >= 11 is 5.90. The molecule has 1 aromatic carbocycles. The van der Waals surface area contributed by atoms with Gasteiger partial charge in [0, 0.05) is 11.4 Å². The standard InChI is InChI=1S/C18H21ClO3/c1-4-13-7-10-16(20-2)18(17(11-13)21-3)22-12-14-5-8-15(19)9-6-14/h5-9,11H,4,10,12H2,1-3H3. The average molecular weight is 321 g/mol. The van der Waals surface area contributed by atoms with Crippen LogP contribution in [0.3, 0.4) is 0 Å². The van der Waals surface area contributed by atoms with E-state index >= 15 is 0 Å². The number of hydrogen-bond acceptors (Lipinski definition) is 3. The molecule has 0 heterocycles. The third-order valence-electron chi connectivity index (χ3n) is 3.51. The van der Waals surface area contributed by atoms with Crippen LogP contribution < -0.4 is 0 Å². The van der Waals surface area contributed by atoms with Crippen LogP contribution in [0, 0.1) is 0 Å². The quantitative estimate of drug-likeness (QED) is 0.739. The second kappa shape index (κ2) is 7.95. The molecule has 0 spiro atoms. The van der Waals surface area contributed by atoms with E-state index in [9.17, 15) is 0 Å². The first-order valence-electron chi connectivity index (χ1n) is 7.27. The minimum atomic E-state index is 0.432. The highest BCUT2D eigenvalue weighted by Gasteiger charge is 2.18. The van der Waals surface area contributed by atoms with Gasteiger partial charge in [0.25, 0.3) is 0 Å². The van der Waals surface area contributed by atoms with Crippen LogP contribution in [-0.4, -0.2) is 14.2 Å². The first-order chi connectivity index (χ1) is 10.7. The van der Waals surface area contributed by atoms with Crippen LogP contribution in [0.15, 0.2) is 59.3 Å². The van der Waals surface area contributed by atoms with Gasteiger partial charge in [-0.2, -0.15) is 0 Å². The van der Waals surface area contributed by atoms with Crippen molar-refractivity contribution in [2.45, 2.75) is 26.4 Å². The third-order valence-corrected chi connectivity index (χ3v) is 3.77. The zero-order valence-electron chi connectivity index (χ0n) is 13.2. The number of hydrogen-bond donors (Lipinski definition) is 0. The van der Waals surface area contributed by atoms with Crippen molar-refractivity contribution in [3.8, 4) is 0 Å². The van der Waals surface area contributed by atoms with Gasteiger partial charge in [-0.1, -0.05) is 36.7 Å². The molecule has 1 aliphatic rings. The number of methoxy groups -OCH3 is 2. The molecule has 0 fully saturated rings. The number of halogens is 1. The Kier molecular flexibility index (Phi) is 5.96. The smallest absolute Gasteiger partial charge is 0.199 e. The van der Waals surface area contributed by atoms with Crippen molar-refractivity contribution in [2.75, 3.05) is 14.2 Å². The maximum Gasteiger partial charge on any atom is 0.199 e. The van der Waals surface area contributed by atoms with Gasteiger partial charge in [0.05, 0.1) is 14.2 Å². The first kappa shape index (κ1) is 16.5. The molecule has 0 bridgehead atoms.